The Balaban J connectivity index is 1.45. The second-order valence-corrected chi connectivity index (χ2v) is 8.00. The second-order valence-electron chi connectivity index (χ2n) is 7.57. The van der Waals surface area contributed by atoms with Gasteiger partial charge in [0.25, 0.3) is 11.4 Å². The summed E-state index contributed by atoms with van der Waals surface area (Å²) >= 11 is 6.00. The second kappa shape index (κ2) is 9.29. The van der Waals surface area contributed by atoms with Crippen molar-refractivity contribution in [1.82, 2.24) is 25.0 Å². The fourth-order valence-electron chi connectivity index (χ4n) is 3.67. The predicted molar refractivity (Wildman–Crippen MR) is 128 cm³/mol. The van der Waals surface area contributed by atoms with E-state index < -0.39 is 0 Å². The number of hydrogen-bond acceptors (Lipinski definition) is 6. The average molecular weight is 472 g/mol. The van der Waals surface area contributed by atoms with Gasteiger partial charge in [-0.05, 0) is 35.9 Å². The molecule has 0 aliphatic rings. The van der Waals surface area contributed by atoms with Crippen LogP contribution >= 0.6 is 11.6 Å². The third-order valence-electron chi connectivity index (χ3n) is 5.29. The van der Waals surface area contributed by atoms with E-state index in [1.807, 2.05) is 30.3 Å². The van der Waals surface area contributed by atoms with Crippen molar-refractivity contribution in [2.75, 3.05) is 0 Å². The van der Waals surface area contributed by atoms with Crippen molar-refractivity contribution in [2.45, 2.75) is 13.1 Å². The van der Waals surface area contributed by atoms with E-state index in [0.29, 0.717) is 28.5 Å². The van der Waals surface area contributed by atoms with Gasteiger partial charge in [-0.2, -0.15) is 4.98 Å². The summed E-state index contributed by atoms with van der Waals surface area (Å²) in [4.78, 5) is 34.1. The predicted octanol–water partition coefficient (Wildman–Crippen LogP) is 4.08. The Labute approximate surface area is 198 Å². The number of amides is 1. The number of para-hydroxylation sites is 1. The molecule has 3 heterocycles. The average Bonchev–Trinajstić information content (AvgIpc) is 3.35. The van der Waals surface area contributed by atoms with Crippen molar-refractivity contribution >= 4 is 28.4 Å². The molecule has 8 nitrogen and oxygen atoms in total. The van der Waals surface area contributed by atoms with E-state index in [-0.39, 0.29) is 23.9 Å². The number of benzene rings is 2. The summed E-state index contributed by atoms with van der Waals surface area (Å²) in [5, 5.41) is 8.18. The fraction of sp³-hybridized carbons (Fsp3) is 0.0800. The Morgan fingerprint density at radius 1 is 1.03 bits per heavy atom. The Kier molecular flexibility index (Phi) is 5.88. The lowest BCUT2D eigenvalue weighted by atomic mass is 10.1. The first kappa shape index (κ1) is 21.5. The van der Waals surface area contributed by atoms with Crippen molar-refractivity contribution in [3.8, 4) is 22.8 Å². The molecule has 0 radical (unpaired) electrons. The van der Waals surface area contributed by atoms with E-state index in [1.165, 1.54) is 10.6 Å². The van der Waals surface area contributed by atoms with Crippen LogP contribution in [-0.2, 0) is 17.9 Å². The summed E-state index contributed by atoms with van der Waals surface area (Å²) in [5.74, 6) is 0.321. The van der Waals surface area contributed by atoms with Gasteiger partial charge in [-0.15, -0.1) is 0 Å². The third-order valence-corrected chi connectivity index (χ3v) is 5.53. The van der Waals surface area contributed by atoms with Crippen LogP contribution in [-0.4, -0.2) is 25.6 Å². The van der Waals surface area contributed by atoms with Crippen LogP contribution in [0.4, 0.5) is 0 Å². The summed E-state index contributed by atoms with van der Waals surface area (Å²) < 4.78 is 6.89. The molecular weight excluding hydrogens is 454 g/mol. The Hall–Kier alpha value is -4.30. The standard InChI is InChI=1S/C25H18ClN5O3/c26-18-5-3-4-16(12-18)14-28-22(32)15-31-21-7-2-1-6-19(21)20(13-23(31)33)25-29-24(30-34-25)17-8-10-27-11-9-17/h1-13H,14-15H2,(H,28,32). The van der Waals surface area contributed by atoms with Crippen LogP contribution in [0.3, 0.4) is 0 Å². The van der Waals surface area contributed by atoms with Crippen LogP contribution in [0, 0.1) is 0 Å². The quantitative estimate of drug-likeness (QED) is 0.400. The number of aromatic nitrogens is 4. The van der Waals surface area contributed by atoms with Gasteiger partial charge >= 0.3 is 0 Å². The van der Waals surface area contributed by atoms with Crippen molar-refractivity contribution < 1.29 is 9.32 Å². The van der Waals surface area contributed by atoms with E-state index in [1.54, 1.807) is 42.7 Å². The number of carbonyl (C=O) groups is 1. The summed E-state index contributed by atoms with van der Waals surface area (Å²) in [6.45, 7) is 0.177. The fourth-order valence-corrected chi connectivity index (χ4v) is 3.89. The summed E-state index contributed by atoms with van der Waals surface area (Å²) in [6, 6.07) is 19.5. The normalized spacial score (nSPS) is 11.0. The number of fused-ring (bicyclic) bond motifs is 1. The first-order valence-electron chi connectivity index (χ1n) is 10.5. The monoisotopic (exact) mass is 471 g/mol. The summed E-state index contributed by atoms with van der Waals surface area (Å²) in [5.41, 5.74) is 2.36. The SMILES string of the molecule is O=C(Cn1c(=O)cc(-c2nc(-c3ccncc3)no2)c2ccccc21)NCc1cccc(Cl)c1. The topological polar surface area (TPSA) is 103 Å². The van der Waals surface area contributed by atoms with Gasteiger partial charge in [-0.1, -0.05) is 47.1 Å². The zero-order valence-electron chi connectivity index (χ0n) is 17.8. The van der Waals surface area contributed by atoms with Crippen LogP contribution in [0.5, 0.6) is 0 Å². The minimum Gasteiger partial charge on any atom is -0.350 e. The molecule has 2 aromatic carbocycles. The molecular formula is C25H18ClN5O3. The zero-order valence-corrected chi connectivity index (χ0v) is 18.6. The molecule has 0 spiro atoms. The molecule has 0 atom stereocenters. The maximum atomic E-state index is 13.0. The molecule has 3 aromatic heterocycles. The minimum atomic E-state index is -0.352. The number of carbonyl (C=O) groups excluding carboxylic acids is 1. The van der Waals surface area contributed by atoms with Gasteiger partial charge in [-0.25, -0.2) is 0 Å². The number of hydrogen-bond donors (Lipinski definition) is 1. The van der Waals surface area contributed by atoms with E-state index >= 15 is 0 Å². The maximum absolute atomic E-state index is 13.0. The summed E-state index contributed by atoms with van der Waals surface area (Å²) in [6.07, 6.45) is 3.28. The molecule has 5 rings (SSSR count). The molecule has 0 saturated carbocycles. The molecule has 9 heteroatoms. The van der Waals surface area contributed by atoms with Gasteiger partial charge in [0, 0.05) is 41.0 Å². The van der Waals surface area contributed by atoms with Crippen LogP contribution in [0.15, 0.2) is 88.4 Å². The number of nitrogens with zero attached hydrogens (tertiary/aromatic N) is 4. The van der Waals surface area contributed by atoms with Crippen LogP contribution in [0.1, 0.15) is 5.56 Å². The van der Waals surface area contributed by atoms with Crippen LogP contribution in [0.2, 0.25) is 5.02 Å². The Bertz CT molecular complexity index is 1550. The molecule has 168 valence electrons. The van der Waals surface area contributed by atoms with Crippen molar-refractivity contribution in [2.24, 2.45) is 0 Å². The Morgan fingerprint density at radius 3 is 2.68 bits per heavy atom. The molecule has 0 unspecified atom stereocenters. The lowest BCUT2D eigenvalue weighted by molar-refractivity contribution is -0.121. The smallest absolute Gasteiger partial charge is 0.259 e. The molecule has 0 bridgehead atoms. The van der Waals surface area contributed by atoms with Gasteiger partial charge in [0.2, 0.25) is 11.7 Å². The highest BCUT2D eigenvalue weighted by atomic mass is 35.5. The van der Waals surface area contributed by atoms with Crippen molar-refractivity contribution in [1.29, 1.82) is 0 Å². The lowest BCUT2D eigenvalue weighted by Gasteiger charge is -2.12. The molecule has 0 aliphatic heterocycles. The van der Waals surface area contributed by atoms with Gasteiger partial charge in [-0.3, -0.25) is 19.1 Å². The number of halogens is 1. The van der Waals surface area contributed by atoms with Gasteiger partial charge in [0.15, 0.2) is 0 Å². The van der Waals surface area contributed by atoms with Crippen molar-refractivity contribution in [3.63, 3.8) is 0 Å². The lowest BCUT2D eigenvalue weighted by Crippen LogP contribution is -2.32. The highest BCUT2D eigenvalue weighted by Crippen LogP contribution is 2.27. The van der Waals surface area contributed by atoms with E-state index in [4.69, 9.17) is 16.1 Å². The molecule has 1 amide bonds. The number of rotatable bonds is 6. The van der Waals surface area contributed by atoms with Crippen LogP contribution in [0.25, 0.3) is 33.7 Å². The van der Waals surface area contributed by atoms with Crippen LogP contribution < -0.4 is 10.9 Å². The van der Waals surface area contributed by atoms with E-state index in [0.717, 1.165) is 16.5 Å². The third kappa shape index (κ3) is 4.44. The highest BCUT2D eigenvalue weighted by molar-refractivity contribution is 6.30. The molecule has 0 aliphatic carbocycles. The molecule has 34 heavy (non-hydrogen) atoms. The number of nitrogens with one attached hydrogen (secondary N) is 1. The molecule has 5 aromatic rings. The van der Waals surface area contributed by atoms with Gasteiger partial charge in [0.05, 0.1) is 11.1 Å². The van der Waals surface area contributed by atoms with Gasteiger partial charge < -0.3 is 9.84 Å². The minimum absolute atomic E-state index is 0.133. The maximum Gasteiger partial charge on any atom is 0.259 e. The Morgan fingerprint density at radius 2 is 1.85 bits per heavy atom. The first-order chi connectivity index (χ1) is 16.6. The molecule has 0 fully saturated rings. The van der Waals surface area contributed by atoms with E-state index in [9.17, 15) is 9.59 Å². The first-order valence-corrected chi connectivity index (χ1v) is 10.8. The summed E-state index contributed by atoms with van der Waals surface area (Å²) in [7, 11) is 0. The molecule has 1 N–H and O–H groups in total. The molecule has 0 saturated heterocycles. The number of pyridine rings is 2. The zero-order chi connectivity index (χ0) is 23.5. The highest BCUT2D eigenvalue weighted by Gasteiger charge is 2.17. The van der Waals surface area contributed by atoms with Crippen molar-refractivity contribution in [3.05, 3.63) is 100 Å². The van der Waals surface area contributed by atoms with E-state index in [2.05, 4.69) is 20.4 Å². The largest absolute Gasteiger partial charge is 0.350 e. The van der Waals surface area contributed by atoms with Gasteiger partial charge in [0.1, 0.15) is 6.54 Å².